The van der Waals surface area contributed by atoms with Crippen molar-refractivity contribution in [3.8, 4) is 0 Å². The minimum absolute atomic E-state index is 0.248. The summed E-state index contributed by atoms with van der Waals surface area (Å²) in [6.07, 6.45) is 3.73. The second-order valence-corrected chi connectivity index (χ2v) is 10.3. The molecule has 2 aliphatic rings. The predicted octanol–water partition coefficient (Wildman–Crippen LogP) is 3.56. The molecule has 4 rings (SSSR count). The maximum absolute atomic E-state index is 13.6. The number of hydrogen-bond donors (Lipinski definition) is 1. The van der Waals surface area contributed by atoms with Gasteiger partial charge in [0.1, 0.15) is 0 Å². The molecule has 1 aromatic carbocycles. The van der Waals surface area contributed by atoms with E-state index >= 15 is 0 Å². The van der Waals surface area contributed by atoms with E-state index in [0.717, 1.165) is 25.5 Å². The number of hydrogen-bond acceptors (Lipinski definition) is 2. The van der Waals surface area contributed by atoms with Gasteiger partial charge in [-0.25, -0.2) is 22.7 Å². The van der Waals surface area contributed by atoms with Crippen molar-refractivity contribution >= 4 is 22.0 Å². The standard InChI is InChI=1S/C18H23F2N3OS/c1-18(2,3)25(24)22-8-13-11-4-10(5-12(11)13)23-9-21-16-6-14(19)15(20)7-17(16)23/h6-7,9-13,22H,4-5,8H2,1-3H3/t10?,11-,12+,13?,25?. The number of nitrogens with one attached hydrogen (secondary N) is 1. The fourth-order valence-corrected chi connectivity index (χ4v) is 4.96. The maximum atomic E-state index is 13.6. The number of benzene rings is 1. The summed E-state index contributed by atoms with van der Waals surface area (Å²) in [5.41, 5.74) is 1.16. The number of halogens is 2. The molecule has 136 valence electrons. The van der Waals surface area contributed by atoms with Crippen LogP contribution in [0.4, 0.5) is 8.78 Å². The fourth-order valence-electron chi connectivity index (χ4n) is 4.18. The Morgan fingerprint density at radius 2 is 1.88 bits per heavy atom. The number of fused-ring (bicyclic) bond motifs is 2. The molecule has 2 aliphatic carbocycles. The van der Waals surface area contributed by atoms with E-state index in [0.29, 0.717) is 28.8 Å². The Bertz CT molecular complexity index is 833. The number of nitrogens with zero attached hydrogens (tertiary/aromatic N) is 2. The summed E-state index contributed by atoms with van der Waals surface area (Å²) < 4.78 is 43.9. The highest BCUT2D eigenvalue weighted by Gasteiger charge is 2.56. The maximum Gasteiger partial charge on any atom is 0.161 e. The van der Waals surface area contributed by atoms with Gasteiger partial charge < -0.3 is 4.57 Å². The summed E-state index contributed by atoms with van der Waals surface area (Å²) in [5, 5.41) is 0. The topological polar surface area (TPSA) is 46.9 Å². The monoisotopic (exact) mass is 367 g/mol. The highest BCUT2D eigenvalue weighted by Crippen LogP contribution is 2.60. The van der Waals surface area contributed by atoms with E-state index in [1.54, 1.807) is 6.33 Å². The minimum atomic E-state index is -1.03. The van der Waals surface area contributed by atoms with Gasteiger partial charge in [-0.15, -0.1) is 0 Å². The van der Waals surface area contributed by atoms with E-state index in [4.69, 9.17) is 0 Å². The summed E-state index contributed by atoms with van der Waals surface area (Å²) in [5.74, 6) is 0.134. The van der Waals surface area contributed by atoms with Gasteiger partial charge >= 0.3 is 0 Å². The quantitative estimate of drug-likeness (QED) is 0.898. The predicted molar refractivity (Wildman–Crippen MR) is 94.3 cm³/mol. The molecule has 0 bridgehead atoms. The van der Waals surface area contributed by atoms with Gasteiger partial charge in [0.05, 0.1) is 33.1 Å². The van der Waals surface area contributed by atoms with Gasteiger partial charge in [0, 0.05) is 24.7 Å². The third-order valence-electron chi connectivity index (χ3n) is 5.61. The lowest BCUT2D eigenvalue weighted by molar-refractivity contribution is 0.433. The third-order valence-corrected chi connectivity index (χ3v) is 7.16. The Hall–Kier alpha value is -1.34. The van der Waals surface area contributed by atoms with Gasteiger partial charge in [-0.3, -0.25) is 0 Å². The zero-order valence-electron chi connectivity index (χ0n) is 14.6. The molecule has 1 N–H and O–H groups in total. The Kier molecular flexibility index (Phi) is 3.99. The molecule has 2 aromatic rings. The molecule has 4 nitrogen and oxygen atoms in total. The average Bonchev–Trinajstić information content (AvgIpc) is 2.88. The fraction of sp³-hybridized carbons (Fsp3) is 0.611. The molecule has 7 heteroatoms. The largest absolute Gasteiger partial charge is 0.327 e. The molecule has 3 unspecified atom stereocenters. The number of imidazole rings is 1. The van der Waals surface area contributed by atoms with Crippen molar-refractivity contribution < 1.29 is 13.0 Å². The van der Waals surface area contributed by atoms with Crippen LogP contribution in [0.3, 0.4) is 0 Å². The summed E-state index contributed by atoms with van der Waals surface area (Å²) in [4.78, 5) is 4.21. The molecule has 1 aromatic heterocycles. The van der Waals surface area contributed by atoms with Crippen LogP contribution in [0.15, 0.2) is 18.5 Å². The molecule has 5 atom stereocenters. The summed E-state index contributed by atoms with van der Waals surface area (Å²) in [7, 11) is -1.03. The normalized spacial score (nSPS) is 29.8. The minimum Gasteiger partial charge on any atom is -0.327 e. The van der Waals surface area contributed by atoms with E-state index in [1.165, 1.54) is 6.07 Å². The second-order valence-electron chi connectivity index (χ2n) is 8.25. The van der Waals surface area contributed by atoms with Crippen LogP contribution < -0.4 is 4.72 Å². The van der Waals surface area contributed by atoms with Gasteiger partial charge in [-0.2, -0.15) is 0 Å². The van der Waals surface area contributed by atoms with Crippen molar-refractivity contribution in [2.45, 2.75) is 44.4 Å². The molecule has 0 amide bonds. The Labute approximate surface area is 148 Å². The van der Waals surface area contributed by atoms with Crippen LogP contribution in [0.2, 0.25) is 0 Å². The van der Waals surface area contributed by atoms with Gasteiger partial charge in [-0.1, -0.05) is 0 Å². The lowest BCUT2D eigenvalue weighted by Crippen LogP contribution is -2.34. The lowest BCUT2D eigenvalue weighted by Gasteiger charge is -2.20. The van der Waals surface area contributed by atoms with Crippen LogP contribution in [0.25, 0.3) is 11.0 Å². The molecule has 0 spiro atoms. The van der Waals surface area contributed by atoms with Crippen molar-refractivity contribution in [3.05, 3.63) is 30.1 Å². The van der Waals surface area contributed by atoms with Crippen molar-refractivity contribution in [2.75, 3.05) is 6.54 Å². The van der Waals surface area contributed by atoms with Gasteiger partial charge in [0.2, 0.25) is 0 Å². The summed E-state index contributed by atoms with van der Waals surface area (Å²) in [6.45, 7) is 6.68. The van der Waals surface area contributed by atoms with Gasteiger partial charge in [0.25, 0.3) is 0 Å². The zero-order chi connectivity index (χ0) is 17.9. The first kappa shape index (κ1) is 17.1. The molecule has 0 radical (unpaired) electrons. The van der Waals surface area contributed by atoms with Gasteiger partial charge in [-0.05, 0) is 51.4 Å². The molecule has 0 aliphatic heterocycles. The number of aromatic nitrogens is 2. The third kappa shape index (κ3) is 3.01. The van der Waals surface area contributed by atoms with E-state index in [1.807, 2.05) is 25.3 Å². The first-order valence-corrected chi connectivity index (χ1v) is 9.87. The molecular formula is C18H23F2N3OS. The first-order chi connectivity index (χ1) is 11.8. The van der Waals surface area contributed by atoms with Crippen LogP contribution in [0.5, 0.6) is 0 Å². The summed E-state index contributed by atoms with van der Waals surface area (Å²) >= 11 is 0. The van der Waals surface area contributed by atoms with Crippen molar-refractivity contribution in [3.63, 3.8) is 0 Å². The molecular weight excluding hydrogens is 344 g/mol. The van der Waals surface area contributed by atoms with E-state index in [-0.39, 0.29) is 10.8 Å². The Morgan fingerprint density at radius 1 is 1.24 bits per heavy atom. The van der Waals surface area contributed by atoms with Crippen molar-refractivity contribution in [2.24, 2.45) is 17.8 Å². The first-order valence-electron chi connectivity index (χ1n) is 8.72. The van der Waals surface area contributed by atoms with Crippen LogP contribution in [0.1, 0.15) is 39.7 Å². The van der Waals surface area contributed by atoms with Crippen molar-refractivity contribution in [1.29, 1.82) is 0 Å². The van der Waals surface area contributed by atoms with E-state index in [2.05, 4.69) is 9.71 Å². The lowest BCUT2D eigenvalue weighted by atomic mass is 10.1. The van der Waals surface area contributed by atoms with E-state index in [9.17, 15) is 13.0 Å². The molecule has 2 saturated carbocycles. The highest BCUT2D eigenvalue weighted by molar-refractivity contribution is 7.84. The molecule has 1 heterocycles. The van der Waals surface area contributed by atoms with Crippen LogP contribution in [0, 0.1) is 29.4 Å². The Balaban J connectivity index is 1.40. The molecule has 0 saturated heterocycles. The smallest absolute Gasteiger partial charge is 0.161 e. The zero-order valence-corrected chi connectivity index (χ0v) is 15.4. The van der Waals surface area contributed by atoms with Crippen LogP contribution >= 0.6 is 0 Å². The SMILES string of the molecule is CC(C)(C)S(=O)NCC1[C@H]2CC(n3cnc4cc(F)c(F)cc43)C[C@@H]12. The second kappa shape index (κ2) is 5.84. The number of rotatable bonds is 4. The summed E-state index contributed by atoms with van der Waals surface area (Å²) in [6, 6.07) is 2.69. The van der Waals surface area contributed by atoms with Crippen LogP contribution in [-0.2, 0) is 11.0 Å². The highest BCUT2D eigenvalue weighted by atomic mass is 32.2. The van der Waals surface area contributed by atoms with E-state index < -0.39 is 22.6 Å². The van der Waals surface area contributed by atoms with Gasteiger partial charge in [0.15, 0.2) is 11.6 Å². The average molecular weight is 367 g/mol. The molecule has 2 fully saturated rings. The Morgan fingerprint density at radius 3 is 2.52 bits per heavy atom. The molecule has 25 heavy (non-hydrogen) atoms. The van der Waals surface area contributed by atoms with Crippen molar-refractivity contribution in [1.82, 2.24) is 14.3 Å². The van der Waals surface area contributed by atoms with Crippen LogP contribution in [-0.4, -0.2) is 25.1 Å².